The SMILES string of the molecule is O=Cc1ccc2cnsc2c1Nc1ccc(Br)cc1F. The summed E-state index contributed by atoms with van der Waals surface area (Å²) >= 11 is 4.48. The maximum absolute atomic E-state index is 13.9. The number of rotatable bonds is 3. The number of aromatic nitrogens is 1. The molecule has 0 atom stereocenters. The van der Waals surface area contributed by atoms with Gasteiger partial charge in [-0.15, -0.1) is 0 Å². The molecule has 0 fully saturated rings. The van der Waals surface area contributed by atoms with E-state index in [0.29, 0.717) is 21.4 Å². The van der Waals surface area contributed by atoms with E-state index in [1.54, 1.807) is 24.4 Å². The van der Waals surface area contributed by atoms with E-state index >= 15 is 0 Å². The Labute approximate surface area is 126 Å². The third-order valence-corrected chi connectivity index (χ3v) is 4.20. The van der Waals surface area contributed by atoms with Gasteiger partial charge in [0.05, 0.1) is 16.1 Å². The number of aldehydes is 1. The molecule has 1 N–H and O–H groups in total. The second-order valence-corrected chi connectivity index (χ2v) is 5.86. The molecule has 0 aliphatic carbocycles. The van der Waals surface area contributed by atoms with Crippen molar-refractivity contribution >= 4 is 55.2 Å². The summed E-state index contributed by atoms with van der Waals surface area (Å²) in [5, 5.41) is 3.91. The summed E-state index contributed by atoms with van der Waals surface area (Å²) in [4.78, 5) is 11.2. The van der Waals surface area contributed by atoms with Gasteiger partial charge in [0.25, 0.3) is 0 Å². The average molecular weight is 351 g/mol. The van der Waals surface area contributed by atoms with Gasteiger partial charge in [0.1, 0.15) is 5.82 Å². The van der Waals surface area contributed by atoms with Crippen LogP contribution in [0.5, 0.6) is 0 Å². The lowest BCUT2D eigenvalue weighted by molar-refractivity contribution is 0.112. The minimum absolute atomic E-state index is 0.317. The highest BCUT2D eigenvalue weighted by Crippen LogP contribution is 2.33. The zero-order valence-electron chi connectivity index (χ0n) is 10.1. The summed E-state index contributed by atoms with van der Waals surface area (Å²) in [6, 6.07) is 8.25. The van der Waals surface area contributed by atoms with E-state index in [-0.39, 0.29) is 0 Å². The van der Waals surface area contributed by atoms with Gasteiger partial charge in [0, 0.05) is 21.6 Å². The number of hydrogen-bond donors (Lipinski definition) is 1. The fourth-order valence-electron chi connectivity index (χ4n) is 1.90. The van der Waals surface area contributed by atoms with E-state index < -0.39 is 5.82 Å². The van der Waals surface area contributed by atoms with Crippen molar-refractivity contribution in [3.8, 4) is 0 Å². The summed E-state index contributed by atoms with van der Waals surface area (Å²) in [5.74, 6) is -0.391. The van der Waals surface area contributed by atoms with Crippen LogP contribution in [-0.2, 0) is 0 Å². The molecule has 0 aliphatic heterocycles. The van der Waals surface area contributed by atoms with Gasteiger partial charge in [0.2, 0.25) is 0 Å². The fraction of sp³-hybridized carbons (Fsp3) is 0. The van der Waals surface area contributed by atoms with Gasteiger partial charge in [0.15, 0.2) is 6.29 Å². The third kappa shape index (κ3) is 2.32. The molecule has 0 saturated heterocycles. The number of anilines is 2. The molecule has 0 radical (unpaired) electrons. The van der Waals surface area contributed by atoms with E-state index in [4.69, 9.17) is 0 Å². The van der Waals surface area contributed by atoms with Crippen LogP contribution in [0.2, 0.25) is 0 Å². The van der Waals surface area contributed by atoms with Crippen LogP contribution in [0.4, 0.5) is 15.8 Å². The monoisotopic (exact) mass is 350 g/mol. The fourth-order valence-corrected chi connectivity index (χ4v) is 2.99. The molecular formula is C14H8BrFN2OS. The first-order valence-electron chi connectivity index (χ1n) is 5.73. The van der Waals surface area contributed by atoms with Crippen LogP contribution in [0, 0.1) is 5.82 Å². The lowest BCUT2D eigenvalue weighted by atomic mass is 10.1. The zero-order chi connectivity index (χ0) is 14.1. The lowest BCUT2D eigenvalue weighted by Gasteiger charge is -2.11. The topological polar surface area (TPSA) is 42.0 Å². The Bertz CT molecular complexity index is 803. The molecule has 0 spiro atoms. The van der Waals surface area contributed by atoms with Crippen molar-refractivity contribution in [2.45, 2.75) is 0 Å². The lowest BCUT2D eigenvalue weighted by Crippen LogP contribution is -1.97. The van der Waals surface area contributed by atoms with E-state index in [0.717, 1.165) is 16.4 Å². The highest BCUT2D eigenvalue weighted by molar-refractivity contribution is 9.10. The standard InChI is InChI=1S/C14H8BrFN2OS/c15-10-3-4-12(11(16)5-10)18-13-9(7-19)2-1-8-6-17-20-14(8)13/h1-7,18H. The zero-order valence-corrected chi connectivity index (χ0v) is 12.5. The van der Waals surface area contributed by atoms with Crippen molar-refractivity contribution in [3.63, 3.8) is 0 Å². The van der Waals surface area contributed by atoms with E-state index in [1.165, 1.54) is 17.6 Å². The van der Waals surface area contributed by atoms with E-state index in [9.17, 15) is 9.18 Å². The summed E-state index contributed by atoms with van der Waals surface area (Å²) in [7, 11) is 0. The van der Waals surface area contributed by atoms with Gasteiger partial charge in [-0.3, -0.25) is 4.79 Å². The second-order valence-electron chi connectivity index (χ2n) is 4.14. The second kappa shape index (κ2) is 5.30. The number of nitrogens with zero attached hydrogens (tertiary/aromatic N) is 1. The predicted molar refractivity (Wildman–Crippen MR) is 82.4 cm³/mol. The normalized spacial score (nSPS) is 10.7. The Balaban J connectivity index is 2.13. The molecule has 20 heavy (non-hydrogen) atoms. The van der Waals surface area contributed by atoms with Crippen LogP contribution < -0.4 is 5.32 Å². The van der Waals surface area contributed by atoms with Crippen molar-refractivity contribution in [1.29, 1.82) is 0 Å². The third-order valence-electron chi connectivity index (χ3n) is 2.87. The molecule has 6 heteroatoms. The Hall–Kier alpha value is -1.79. The van der Waals surface area contributed by atoms with Crippen molar-refractivity contribution in [2.24, 2.45) is 0 Å². The van der Waals surface area contributed by atoms with E-state index in [2.05, 4.69) is 25.6 Å². The number of nitrogens with one attached hydrogen (secondary N) is 1. The van der Waals surface area contributed by atoms with Gasteiger partial charge < -0.3 is 5.32 Å². The van der Waals surface area contributed by atoms with Crippen LogP contribution in [-0.4, -0.2) is 10.7 Å². The molecule has 0 saturated carbocycles. The largest absolute Gasteiger partial charge is 0.351 e. The molecule has 1 aromatic heterocycles. The van der Waals surface area contributed by atoms with Crippen molar-refractivity contribution < 1.29 is 9.18 Å². The van der Waals surface area contributed by atoms with Crippen LogP contribution in [0.3, 0.4) is 0 Å². The van der Waals surface area contributed by atoms with Gasteiger partial charge in [-0.2, -0.15) is 4.37 Å². The molecule has 0 aliphatic rings. The van der Waals surface area contributed by atoms with Crippen LogP contribution in [0.15, 0.2) is 41.0 Å². The molecule has 3 rings (SSSR count). The minimum Gasteiger partial charge on any atom is -0.351 e. The maximum Gasteiger partial charge on any atom is 0.152 e. The number of halogens is 2. The predicted octanol–water partition coefficient (Wildman–Crippen LogP) is 4.75. The van der Waals surface area contributed by atoms with Gasteiger partial charge in [-0.25, -0.2) is 4.39 Å². The number of fused-ring (bicyclic) bond motifs is 1. The number of benzene rings is 2. The molecule has 0 amide bonds. The minimum atomic E-state index is -0.391. The van der Waals surface area contributed by atoms with Gasteiger partial charge in [-0.1, -0.05) is 22.0 Å². The first-order chi connectivity index (χ1) is 9.69. The highest BCUT2D eigenvalue weighted by Gasteiger charge is 2.11. The maximum atomic E-state index is 13.9. The van der Waals surface area contributed by atoms with Gasteiger partial charge >= 0.3 is 0 Å². The average Bonchev–Trinajstić information content (AvgIpc) is 2.90. The first-order valence-corrected chi connectivity index (χ1v) is 7.30. The Morgan fingerprint density at radius 2 is 2.15 bits per heavy atom. The van der Waals surface area contributed by atoms with E-state index in [1.807, 2.05) is 6.07 Å². The summed E-state index contributed by atoms with van der Waals surface area (Å²) in [6.07, 6.45) is 2.47. The first kappa shape index (κ1) is 13.2. The Kier molecular flexibility index (Phi) is 3.50. The smallest absolute Gasteiger partial charge is 0.152 e. The molecular weight excluding hydrogens is 343 g/mol. The summed E-state index contributed by atoms with van der Waals surface area (Å²) < 4.78 is 19.5. The van der Waals surface area contributed by atoms with Crippen LogP contribution in [0.25, 0.3) is 10.1 Å². The number of hydrogen-bond acceptors (Lipinski definition) is 4. The highest BCUT2D eigenvalue weighted by atomic mass is 79.9. The Morgan fingerprint density at radius 1 is 1.30 bits per heavy atom. The van der Waals surface area contributed by atoms with Crippen molar-refractivity contribution in [2.75, 3.05) is 5.32 Å². The number of carbonyl (C=O) groups is 1. The summed E-state index contributed by atoms with van der Waals surface area (Å²) in [6.45, 7) is 0. The van der Waals surface area contributed by atoms with Crippen LogP contribution in [0.1, 0.15) is 10.4 Å². The molecule has 100 valence electrons. The van der Waals surface area contributed by atoms with Crippen molar-refractivity contribution in [3.05, 3.63) is 52.4 Å². The molecule has 2 aromatic carbocycles. The Morgan fingerprint density at radius 3 is 2.90 bits per heavy atom. The van der Waals surface area contributed by atoms with Gasteiger partial charge in [-0.05, 0) is 35.8 Å². The quantitative estimate of drug-likeness (QED) is 0.692. The molecule has 3 aromatic rings. The molecule has 0 unspecified atom stereocenters. The van der Waals surface area contributed by atoms with Crippen molar-refractivity contribution in [1.82, 2.24) is 4.37 Å². The molecule has 3 nitrogen and oxygen atoms in total. The molecule has 0 bridgehead atoms. The number of carbonyl (C=O) groups excluding carboxylic acids is 1. The summed E-state index contributed by atoms with van der Waals surface area (Å²) in [5.41, 5.74) is 1.38. The molecule has 1 heterocycles. The van der Waals surface area contributed by atoms with Crippen LogP contribution >= 0.6 is 27.5 Å².